The van der Waals surface area contributed by atoms with Crippen molar-refractivity contribution in [1.29, 1.82) is 0 Å². The normalized spacial score (nSPS) is 10.8. The third kappa shape index (κ3) is 3.75. The second-order valence-electron chi connectivity index (χ2n) is 3.89. The van der Waals surface area contributed by atoms with E-state index < -0.39 is 5.97 Å². The molecule has 0 radical (unpaired) electrons. The summed E-state index contributed by atoms with van der Waals surface area (Å²) in [5.41, 5.74) is 0. The largest absolute Gasteiger partial charge is 0.478 e. The highest BCUT2D eigenvalue weighted by atomic mass is 32.1. The minimum absolute atomic E-state index is 0.238. The Labute approximate surface area is 118 Å². The van der Waals surface area contributed by atoms with E-state index >= 15 is 0 Å². The van der Waals surface area contributed by atoms with Crippen molar-refractivity contribution < 1.29 is 14.7 Å². The van der Waals surface area contributed by atoms with Crippen LogP contribution in [0.4, 0.5) is 0 Å². The summed E-state index contributed by atoms with van der Waals surface area (Å²) in [5.74, 6) is -0.730. The summed E-state index contributed by atoms with van der Waals surface area (Å²) < 4.78 is 1.56. The van der Waals surface area contributed by atoms with Gasteiger partial charge in [-0.2, -0.15) is 5.10 Å². The number of nitrogens with one attached hydrogen (secondary N) is 1. The van der Waals surface area contributed by atoms with Crippen molar-refractivity contribution in [2.75, 3.05) is 0 Å². The van der Waals surface area contributed by atoms with E-state index in [1.165, 1.54) is 17.4 Å². The van der Waals surface area contributed by atoms with E-state index in [2.05, 4.69) is 15.4 Å². The number of hydrogen-bond acceptors (Lipinski definition) is 5. The summed E-state index contributed by atoms with van der Waals surface area (Å²) in [4.78, 5) is 27.5. The number of carboxylic acid groups (broad SMARTS) is 1. The van der Waals surface area contributed by atoms with Crippen LogP contribution in [0.15, 0.2) is 24.5 Å². The Kier molecular flexibility index (Phi) is 4.26. The van der Waals surface area contributed by atoms with Crippen LogP contribution in [-0.2, 0) is 18.4 Å². The fraction of sp³-hybridized carbons (Fsp3) is 0.167. The van der Waals surface area contributed by atoms with Gasteiger partial charge < -0.3 is 10.4 Å². The molecule has 0 spiro atoms. The Morgan fingerprint density at radius 2 is 2.30 bits per heavy atom. The number of carboxylic acids is 1. The first-order valence-electron chi connectivity index (χ1n) is 5.68. The number of rotatable bonds is 5. The van der Waals surface area contributed by atoms with Crippen LogP contribution in [0.5, 0.6) is 0 Å². The summed E-state index contributed by atoms with van der Waals surface area (Å²) in [7, 11) is 1.75. The topological polar surface area (TPSA) is 97.1 Å². The Bertz CT molecular complexity index is 659. The standard InChI is InChI=1S/C12H12N4O3S/c1-16-7-14-10(15-16)6-13-12(19)9-4-2-8(20-9)3-5-11(17)18/h2-5,7H,6H2,1H3,(H,13,19)(H,17,18)/b5-3+. The molecular weight excluding hydrogens is 280 g/mol. The second kappa shape index (κ2) is 6.11. The zero-order valence-electron chi connectivity index (χ0n) is 10.6. The van der Waals surface area contributed by atoms with Crippen LogP contribution in [0, 0.1) is 0 Å². The lowest BCUT2D eigenvalue weighted by Crippen LogP contribution is -2.22. The molecular formula is C12H12N4O3S. The van der Waals surface area contributed by atoms with Crippen LogP contribution in [0.1, 0.15) is 20.4 Å². The Morgan fingerprint density at radius 1 is 1.50 bits per heavy atom. The molecule has 0 saturated heterocycles. The molecule has 2 N–H and O–H groups in total. The van der Waals surface area contributed by atoms with Crippen LogP contribution >= 0.6 is 11.3 Å². The van der Waals surface area contributed by atoms with Gasteiger partial charge in [-0.25, -0.2) is 9.78 Å². The molecule has 0 aliphatic carbocycles. The van der Waals surface area contributed by atoms with Gasteiger partial charge in [-0.1, -0.05) is 0 Å². The van der Waals surface area contributed by atoms with E-state index in [-0.39, 0.29) is 12.5 Å². The number of aliphatic carboxylic acids is 1. The molecule has 8 heteroatoms. The van der Waals surface area contributed by atoms with Crippen molar-refractivity contribution >= 4 is 29.3 Å². The van der Waals surface area contributed by atoms with Gasteiger partial charge in [-0.05, 0) is 18.2 Å². The minimum atomic E-state index is -1.02. The van der Waals surface area contributed by atoms with E-state index in [1.54, 1.807) is 30.2 Å². The van der Waals surface area contributed by atoms with Gasteiger partial charge in [0.2, 0.25) is 0 Å². The maximum Gasteiger partial charge on any atom is 0.328 e. The Hall–Kier alpha value is -2.48. The number of amides is 1. The molecule has 2 heterocycles. The predicted molar refractivity (Wildman–Crippen MR) is 73.2 cm³/mol. The first kappa shape index (κ1) is 13.9. The monoisotopic (exact) mass is 292 g/mol. The van der Waals surface area contributed by atoms with Crippen LogP contribution in [-0.4, -0.2) is 31.7 Å². The molecule has 1 amide bonds. The van der Waals surface area contributed by atoms with Crippen molar-refractivity contribution in [1.82, 2.24) is 20.1 Å². The predicted octanol–water partition coefficient (Wildman–Crippen LogP) is 0.904. The lowest BCUT2D eigenvalue weighted by atomic mass is 10.4. The van der Waals surface area contributed by atoms with E-state index in [4.69, 9.17) is 5.11 Å². The van der Waals surface area contributed by atoms with Crippen LogP contribution in [0.3, 0.4) is 0 Å². The lowest BCUT2D eigenvalue weighted by Gasteiger charge is -1.99. The summed E-state index contributed by atoms with van der Waals surface area (Å²) in [6.07, 6.45) is 4.04. The molecule has 0 unspecified atom stereocenters. The van der Waals surface area contributed by atoms with Gasteiger partial charge in [-0.3, -0.25) is 9.48 Å². The molecule has 0 saturated carbocycles. The maximum absolute atomic E-state index is 11.9. The van der Waals surface area contributed by atoms with Gasteiger partial charge in [0.05, 0.1) is 11.4 Å². The average molecular weight is 292 g/mol. The van der Waals surface area contributed by atoms with E-state index in [0.717, 1.165) is 6.08 Å². The molecule has 104 valence electrons. The summed E-state index contributed by atoms with van der Waals surface area (Å²) in [6, 6.07) is 3.34. The molecule has 0 bridgehead atoms. The second-order valence-corrected chi connectivity index (χ2v) is 5.01. The van der Waals surface area contributed by atoms with Crippen molar-refractivity contribution in [3.63, 3.8) is 0 Å². The zero-order valence-corrected chi connectivity index (χ0v) is 11.4. The summed E-state index contributed by atoms with van der Waals surface area (Å²) in [6.45, 7) is 0.248. The van der Waals surface area contributed by atoms with Crippen molar-refractivity contribution in [3.05, 3.63) is 40.1 Å². The zero-order chi connectivity index (χ0) is 14.5. The van der Waals surface area contributed by atoms with Gasteiger partial charge >= 0.3 is 5.97 Å². The maximum atomic E-state index is 11.9. The highest BCUT2D eigenvalue weighted by Gasteiger charge is 2.09. The first-order valence-corrected chi connectivity index (χ1v) is 6.50. The third-order valence-electron chi connectivity index (χ3n) is 2.29. The Balaban J connectivity index is 1.94. The smallest absolute Gasteiger partial charge is 0.328 e. The van der Waals surface area contributed by atoms with Crippen molar-refractivity contribution in [2.24, 2.45) is 7.05 Å². The first-order chi connectivity index (χ1) is 9.54. The number of carbonyl (C=O) groups is 2. The number of aromatic nitrogens is 3. The highest BCUT2D eigenvalue weighted by molar-refractivity contribution is 7.14. The number of aryl methyl sites for hydroxylation is 1. The SMILES string of the molecule is Cn1cnc(CNC(=O)c2ccc(/C=C/C(=O)O)s2)n1. The fourth-order valence-electron chi connectivity index (χ4n) is 1.43. The van der Waals surface area contributed by atoms with Crippen LogP contribution in [0.25, 0.3) is 6.08 Å². The number of hydrogen-bond donors (Lipinski definition) is 2. The highest BCUT2D eigenvalue weighted by Crippen LogP contribution is 2.17. The average Bonchev–Trinajstić information content (AvgIpc) is 3.02. The number of carbonyl (C=O) groups excluding carboxylic acids is 1. The molecule has 2 rings (SSSR count). The molecule has 2 aromatic rings. The quantitative estimate of drug-likeness (QED) is 0.798. The van der Waals surface area contributed by atoms with Gasteiger partial charge in [0.1, 0.15) is 6.33 Å². The lowest BCUT2D eigenvalue weighted by molar-refractivity contribution is -0.131. The molecule has 0 fully saturated rings. The minimum Gasteiger partial charge on any atom is -0.478 e. The summed E-state index contributed by atoms with van der Waals surface area (Å²) in [5, 5.41) is 15.3. The van der Waals surface area contributed by atoms with Crippen LogP contribution in [0.2, 0.25) is 0 Å². The van der Waals surface area contributed by atoms with E-state index in [1.807, 2.05) is 0 Å². The fourth-order valence-corrected chi connectivity index (χ4v) is 2.26. The van der Waals surface area contributed by atoms with Crippen LogP contribution < -0.4 is 5.32 Å². The van der Waals surface area contributed by atoms with Crippen molar-refractivity contribution in [2.45, 2.75) is 6.54 Å². The van der Waals surface area contributed by atoms with Gasteiger partial charge in [0.15, 0.2) is 5.82 Å². The molecule has 20 heavy (non-hydrogen) atoms. The van der Waals surface area contributed by atoms with Gasteiger partial charge in [0, 0.05) is 18.0 Å². The Morgan fingerprint density at radius 3 is 2.95 bits per heavy atom. The molecule has 2 aromatic heterocycles. The van der Waals surface area contributed by atoms with Crippen molar-refractivity contribution in [3.8, 4) is 0 Å². The number of thiophene rings is 1. The third-order valence-corrected chi connectivity index (χ3v) is 3.34. The summed E-state index contributed by atoms with van der Waals surface area (Å²) >= 11 is 1.22. The molecule has 7 nitrogen and oxygen atoms in total. The molecule has 0 aliphatic rings. The van der Waals surface area contributed by atoms with E-state index in [9.17, 15) is 9.59 Å². The van der Waals surface area contributed by atoms with Gasteiger partial charge in [0.25, 0.3) is 5.91 Å². The molecule has 0 atom stereocenters. The molecule has 0 aliphatic heterocycles. The van der Waals surface area contributed by atoms with E-state index in [0.29, 0.717) is 15.6 Å². The molecule has 0 aromatic carbocycles. The van der Waals surface area contributed by atoms with Gasteiger partial charge in [-0.15, -0.1) is 11.3 Å². The number of nitrogens with zero attached hydrogens (tertiary/aromatic N) is 3.